The van der Waals surface area contributed by atoms with Crippen molar-refractivity contribution in [1.29, 1.82) is 0 Å². The van der Waals surface area contributed by atoms with Gasteiger partial charge in [0.25, 0.3) is 5.91 Å². The Labute approximate surface area is 170 Å². The highest BCUT2D eigenvalue weighted by atomic mass is 16.1. The van der Waals surface area contributed by atoms with Crippen LogP contribution < -0.4 is 15.5 Å². The lowest BCUT2D eigenvalue weighted by atomic mass is 10.1. The third kappa shape index (κ3) is 4.19. The number of anilines is 4. The fraction of sp³-hybridized carbons (Fsp3) is 0.0833. The number of fused-ring (bicyclic) bond motifs is 1. The standard InChI is InChI=1S/C24H22N4O/c1-28(2)20-12-13-22-21(16-20)23(14-15-25-22)26-18-8-10-19(11-9-18)27-24(29)17-6-4-3-5-7-17/h3-16H,1-2H3,(H,25,26)(H,27,29). The minimum absolute atomic E-state index is 0.123. The van der Waals surface area contributed by atoms with Crippen molar-refractivity contribution in [2.75, 3.05) is 29.6 Å². The first-order valence-corrected chi connectivity index (χ1v) is 9.40. The van der Waals surface area contributed by atoms with Crippen molar-refractivity contribution < 1.29 is 4.79 Å². The van der Waals surface area contributed by atoms with E-state index in [1.165, 1.54) is 0 Å². The Bertz CT molecular complexity index is 1140. The molecule has 4 rings (SSSR count). The normalized spacial score (nSPS) is 10.6. The summed E-state index contributed by atoms with van der Waals surface area (Å²) in [6, 6.07) is 25.0. The number of nitrogens with one attached hydrogen (secondary N) is 2. The minimum atomic E-state index is -0.123. The molecule has 1 amide bonds. The molecule has 3 aromatic carbocycles. The summed E-state index contributed by atoms with van der Waals surface area (Å²) in [6.45, 7) is 0. The molecule has 0 aliphatic carbocycles. The molecule has 0 bridgehead atoms. The van der Waals surface area contributed by atoms with Crippen LogP contribution in [0.5, 0.6) is 0 Å². The number of hydrogen-bond donors (Lipinski definition) is 2. The van der Waals surface area contributed by atoms with Gasteiger partial charge in [0.05, 0.1) is 5.52 Å². The summed E-state index contributed by atoms with van der Waals surface area (Å²) in [5.41, 5.74) is 5.36. The monoisotopic (exact) mass is 382 g/mol. The molecule has 5 nitrogen and oxygen atoms in total. The van der Waals surface area contributed by atoms with Crippen LogP contribution in [0.15, 0.2) is 85.1 Å². The number of nitrogens with zero attached hydrogens (tertiary/aromatic N) is 2. The third-order valence-electron chi connectivity index (χ3n) is 4.70. The Kier molecular flexibility index (Phi) is 5.12. The van der Waals surface area contributed by atoms with Gasteiger partial charge in [0, 0.05) is 54.0 Å². The second kappa shape index (κ2) is 8.02. The van der Waals surface area contributed by atoms with Crippen LogP contribution in [-0.4, -0.2) is 25.0 Å². The van der Waals surface area contributed by atoms with Gasteiger partial charge in [-0.05, 0) is 60.7 Å². The van der Waals surface area contributed by atoms with Crippen molar-refractivity contribution in [3.05, 3.63) is 90.6 Å². The average molecular weight is 382 g/mol. The van der Waals surface area contributed by atoms with Crippen LogP contribution in [-0.2, 0) is 0 Å². The topological polar surface area (TPSA) is 57.3 Å². The van der Waals surface area contributed by atoms with Crippen molar-refractivity contribution in [3.8, 4) is 0 Å². The Morgan fingerprint density at radius 3 is 2.31 bits per heavy atom. The van der Waals surface area contributed by atoms with Crippen molar-refractivity contribution in [2.45, 2.75) is 0 Å². The van der Waals surface area contributed by atoms with E-state index in [-0.39, 0.29) is 5.91 Å². The Morgan fingerprint density at radius 2 is 1.59 bits per heavy atom. The van der Waals surface area contributed by atoms with Gasteiger partial charge in [-0.1, -0.05) is 18.2 Å². The molecule has 0 radical (unpaired) electrons. The fourth-order valence-electron chi connectivity index (χ4n) is 3.11. The maximum atomic E-state index is 12.3. The first kappa shape index (κ1) is 18.5. The summed E-state index contributed by atoms with van der Waals surface area (Å²) < 4.78 is 0. The first-order valence-electron chi connectivity index (χ1n) is 9.40. The molecule has 0 atom stereocenters. The van der Waals surface area contributed by atoms with Crippen LogP contribution in [0.2, 0.25) is 0 Å². The van der Waals surface area contributed by atoms with Crippen LogP contribution in [0.1, 0.15) is 10.4 Å². The van der Waals surface area contributed by atoms with Crippen molar-refractivity contribution >= 4 is 39.6 Å². The highest BCUT2D eigenvalue weighted by molar-refractivity contribution is 6.04. The second-order valence-electron chi connectivity index (χ2n) is 6.98. The molecule has 0 fully saturated rings. The van der Waals surface area contributed by atoms with E-state index < -0.39 is 0 Å². The van der Waals surface area contributed by atoms with Crippen LogP contribution in [0.25, 0.3) is 10.9 Å². The Balaban J connectivity index is 1.53. The SMILES string of the molecule is CN(C)c1ccc2nccc(Nc3ccc(NC(=O)c4ccccc4)cc3)c2c1. The van der Waals surface area contributed by atoms with E-state index in [2.05, 4.69) is 32.7 Å². The van der Waals surface area contributed by atoms with Gasteiger partial charge in [0.2, 0.25) is 0 Å². The van der Waals surface area contributed by atoms with E-state index in [0.717, 1.165) is 33.7 Å². The summed E-state index contributed by atoms with van der Waals surface area (Å²) >= 11 is 0. The van der Waals surface area contributed by atoms with E-state index in [4.69, 9.17) is 0 Å². The summed E-state index contributed by atoms with van der Waals surface area (Å²) in [5.74, 6) is -0.123. The molecular weight excluding hydrogens is 360 g/mol. The summed E-state index contributed by atoms with van der Waals surface area (Å²) in [4.78, 5) is 18.8. The van der Waals surface area contributed by atoms with Gasteiger partial charge in [-0.3, -0.25) is 9.78 Å². The zero-order chi connectivity index (χ0) is 20.2. The van der Waals surface area contributed by atoms with E-state index in [1.807, 2.05) is 68.7 Å². The van der Waals surface area contributed by atoms with Crippen LogP contribution >= 0.6 is 0 Å². The zero-order valence-corrected chi connectivity index (χ0v) is 16.4. The number of aromatic nitrogens is 1. The number of benzene rings is 3. The number of hydrogen-bond acceptors (Lipinski definition) is 4. The van der Waals surface area contributed by atoms with E-state index >= 15 is 0 Å². The number of rotatable bonds is 5. The molecule has 0 unspecified atom stereocenters. The van der Waals surface area contributed by atoms with Crippen molar-refractivity contribution in [3.63, 3.8) is 0 Å². The molecule has 144 valence electrons. The van der Waals surface area contributed by atoms with Gasteiger partial charge >= 0.3 is 0 Å². The smallest absolute Gasteiger partial charge is 0.255 e. The van der Waals surface area contributed by atoms with E-state index in [0.29, 0.717) is 5.56 Å². The highest BCUT2D eigenvalue weighted by Crippen LogP contribution is 2.28. The lowest BCUT2D eigenvalue weighted by Gasteiger charge is -2.15. The molecule has 1 heterocycles. The molecule has 29 heavy (non-hydrogen) atoms. The maximum Gasteiger partial charge on any atom is 0.255 e. The molecule has 0 saturated heterocycles. The van der Waals surface area contributed by atoms with Crippen LogP contribution in [0, 0.1) is 0 Å². The molecule has 5 heteroatoms. The molecular formula is C24H22N4O. The van der Waals surface area contributed by atoms with Gasteiger partial charge in [-0.2, -0.15) is 0 Å². The molecule has 4 aromatic rings. The summed E-state index contributed by atoms with van der Waals surface area (Å²) in [7, 11) is 4.04. The summed E-state index contributed by atoms with van der Waals surface area (Å²) in [6.07, 6.45) is 1.80. The molecule has 0 aliphatic rings. The predicted octanol–water partition coefficient (Wildman–Crippen LogP) is 5.30. The highest BCUT2D eigenvalue weighted by Gasteiger charge is 2.07. The molecule has 2 N–H and O–H groups in total. The third-order valence-corrected chi connectivity index (χ3v) is 4.70. The Hall–Kier alpha value is -3.86. The van der Waals surface area contributed by atoms with Crippen LogP contribution in [0.4, 0.5) is 22.7 Å². The summed E-state index contributed by atoms with van der Waals surface area (Å²) in [5, 5.41) is 7.43. The Morgan fingerprint density at radius 1 is 0.862 bits per heavy atom. The fourth-order valence-corrected chi connectivity index (χ4v) is 3.11. The van der Waals surface area contributed by atoms with Gasteiger partial charge in [0.15, 0.2) is 0 Å². The van der Waals surface area contributed by atoms with Crippen molar-refractivity contribution in [1.82, 2.24) is 4.98 Å². The van der Waals surface area contributed by atoms with E-state index in [1.54, 1.807) is 18.3 Å². The van der Waals surface area contributed by atoms with E-state index in [9.17, 15) is 4.79 Å². The van der Waals surface area contributed by atoms with Gasteiger partial charge in [-0.25, -0.2) is 0 Å². The average Bonchev–Trinajstić information content (AvgIpc) is 2.75. The van der Waals surface area contributed by atoms with Gasteiger partial charge in [0.1, 0.15) is 0 Å². The van der Waals surface area contributed by atoms with Crippen LogP contribution in [0.3, 0.4) is 0 Å². The lowest BCUT2D eigenvalue weighted by molar-refractivity contribution is 0.102. The quantitative estimate of drug-likeness (QED) is 0.492. The zero-order valence-electron chi connectivity index (χ0n) is 16.4. The molecule has 0 spiro atoms. The first-order chi connectivity index (χ1) is 14.1. The van der Waals surface area contributed by atoms with Crippen molar-refractivity contribution in [2.24, 2.45) is 0 Å². The molecule has 0 aliphatic heterocycles. The largest absolute Gasteiger partial charge is 0.378 e. The molecule has 0 saturated carbocycles. The number of carbonyl (C=O) groups is 1. The number of carbonyl (C=O) groups excluding carboxylic acids is 1. The van der Waals surface area contributed by atoms with Gasteiger partial charge in [-0.15, -0.1) is 0 Å². The number of amides is 1. The molecule has 1 aromatic heterocycles. The van der Waals surface area contributed by atoms with Gasteiger partial charge < -0.3 is 15.5 Å². The lowest BCUT2D eigenvalue weighted by Crippen LogP contribution is -2.11. The maximum absolute atomic E-state index is 12.3. The number of pyridine rings is 1. The minimum Gasteiger partial charge on any atom is -0.378 e. The predicted molar refractivity (Wildman–Crippen MR) is 120 cm³/mol. The second-order valence-corrected chi connectivity index (χ2v) is 6.98.